The maximum Gasteiger partial charge on any atom is 0.343 e. The molecule has 10 nitrogen and oxygen atoms in total. The van der Waals surface area contributed by atoms with Crippen LogP contribution in [0.3, 0.4) is 0 Å². The number of amides is 3. The standard InChI is InChI=1S/C31H41N3O7/c1-7-8-25(33-27(35)17-31(2,3)4)30(38)34-18-21-15-24(41-19-28(36)40-6)12-9-20(21)16-26(34)29(37)32-22-10-13-23(39-5)14-11-22/h9-15,25-26H,7-8,16-19H2,1-6H3,(H,32,37)(H,33,35)/t25-,26?/m1/s1. The lowest BCUT2D eigenvalue weighted by atomic mass is 9.91. The topological polar surface area (TPSA) is 123 Å². The van der Waals surface area contributed by atoms with E-state index in [1.807, 2.05) is 33.8 Å². The summed E-state index contributed by atoms with van der Waals surface area (Å²) in [7, 11) is 2.85. The second kappa shape index (κ2) is 14.0. The van der Waals surface area contributed by atoms with Gasteiger partial charge in [0.15, 0.2) is 6.61 Å². The molecule has 1 aliphatic rings. The summed E-state index contributed by atoms with van der Waals surface area (Å²) in [6, 6.07) is 10.7. The minimum atomic E-state index is -0.808. The number of hydrogen-bond acceptors (Lipinski definition) is 7. The van der Waals surface area contributed by atoms with Gasteiger partial charge in [0.2, 0.25) is 17.7 Å². The van der Waals surface area contributed by atoms with Gasteiger partial charge in [0.25, 0.3) is 0 Å². The predicted octanol–water partition coefficient (Wildman–Crippen LogP) is 3.86. The molecule has 0 spiro atoms. The number of rotatable bonds is 11. The Kier molecular flexibility index (Phi) is 10.7. The molecule has 2 aromatic rings. The summed E-state index contributed by atoms with van der Waals surface area (Å²) in [5, 5.41) is 5.84. The lowest BCUT2D eigenvalue weighted by Gasteiger charge is -2.38. The lowest BCUT2D eigenvalue weighted by molar-refractivity contribution is -0.143. The van der Waals surface area contributed by atoms with Gasteiger partial charge in [-0.1, -0.05) is 40.2 Å². The number of anilines is 1. The van der Waals surface area contributed by atoms with Crippen LogP contribution in [-0.2, 0) is 36.9 Å². The Hall–Kier alpha value is -4.08. The molecule has 0 aliphatic carbocycles. The highest BCUT2D eigenvalue weighted by molar-refractivity contribution is 5.99. The van der Waals surface area contributed by atoms with Gasteiger partial charge in [-0.3, -0.25) is 14.4 Å². The first-order valence-electron chi connectivity index (χ1n) is 13.8. The number of hydrogen-bond donors (Lipinski definition) is 2. The van der Waals surface area contributed by atoms with Crippen molar-refractivity contribution in [2.75, 3.05) is 26.1 Å². The fourth-order valence-electron chi connectivity index (χ4n) is 4.69. The van der Waals surface area contributed by atoms with Crippen molar-refractivity contribution in [2.24, 2.45) is 5.41 Å². The van der Waals surface area contributed by atoms with E-state index in [-0.39, 0.29) is 49.1 Å². The van der Waals surface area contributed by atoms with E-state index in [0.717, 1.165) is 11.1 Å². The zero-order valence-electron chi connectivity index (χ0n) is 24.7. The van der Waals surface area contributed by atoms with Crippen molar-refractivity contribution in [3.8, 4) is 11.5 Å². The summed E-state index contributed by atoms with van der Waals surface area (Å²) < 4.78 is 15.4. The van der Waals surface area contributed by atoms with Gasteiger partial charge in [-0.15, -0.1) is 0 Å². The Morgan fingerprint density at radius 2 is 1.68 bits per heavy atom. The van der Waals surface area contributed by atoms with Crippen LogP contribution in [0.5, 0.6) is 11.5 Å². The van der Waals surface area contributed by atoms with E-state index in [9.17, 15) is 19.2 Å². The van der Waals surface area contributed by atoms with E-state index in [4.69, 9.17) is 9.47 Å². The van der Waals surface area contributed by atoms with Crippen LogP contribution in [0.1, 0.15) is 58.1 Å². The highest BCUT2D eigenvalue weighted by Gasteiger charge is 2.38. The van der Waals surface area contributed by atoms with Crippen molar-refractivity contribution in [3.05, 3.63) is 53.6 Å². The molecule has 0 saturated heterocycles. The van der Waals surface area contributed by atoms with Gasteiger partial charge in [-0.2, -0.15) is 0 Å². The molecule has 2 atom stereocenters. The minimum absolute atomic E-state index is 0.139. The average Bonchev–Trinajstić information content (AvgIpc) is 2.93. The highest BCUT2D eigenvalue weighted by atomic mass is 16.6. The Balaban J connectivity index is 1.90. The second-order valence-electron chi connectivity index (χ2n) is 11.3. The van der Waals surface area contributed by atoms with Crippen LogP contribution in [0.25, 0.3) is 0 Å². The first kappa shape index (κ1) is 31.4. The van der Waals surface area contributed by atoms with E-state index in [0.29, 0.717) is 30.0 Å². The number of carbonyl (C=O) groups excluding carboxylic acids is 4. The third-order valence-electron chi connectivity index (χ3n) is 6.74. The fraction of sp³-hybridized carbons (Fsp3) is 0.484. The number of methoxy groups -OCH3 is 2. The lowest BCUT2D eigenvalue weighted by Crippen LogP contribution is -2.56. The second-order valence-corrected chi connectivity index (χ2v) is 11.3. The number of fused-ring (bicyclic) bond motifs is 1. The molecule has 10 heteroatoms. The Bertz CT molecular complexity index is 1240. The van der Waals surface area contributed by atoms with Crippen LogP contribution >= 0.6 is 0 Å². The molecule has 2 N–H and O–H groups in total. The summed E-state index contributed by atoms with van der Waals surface area (Å²) in [4.78, 5) is 53.5. The van der Waals surface area contributed by atoms with Crippen LogP contribution in [-0.4, -0.2) is 61.5 Å². The minimum Gasteiger partial charge on any atom is -0.497 e. The summed E-state index contributed by atoms with van der Waals surface area (Å²) in [6.07, 6.45) is 1.65. The molecule has 3 amide bonds. The Labute approximate surface area is 241 Å². The third-order valence-corrected chi connectivity index (χ3v) is 6.74. The maximum absolute atomic E-state index is 14.0. The SMILES string of the molecule is CCC[C@@H](NC(=O)CC(C)(C)C)C(=O)N1Cc2cc(OCC(=O)OC)ccc2CC1C(=O)Nc1ccc(OC)cc1. The van der Waals surface area contributed by atoms with Gasteiger partial charge in [0, 0.05) is 25.1 Å². The van der Waals surface area contributed by atoms with E-state index in [1.54, 1.807) is 43.5 Å². The van der Waals surface area contributed by atoms with Gasteiger partial charge >= 0.3 is 5.97 Å². The van der Waals surface area contributed by atoms with Crippen LogP contribution in [0.15, 0.2) is 42.5 Å². The van der Waals surface area contributed by atoms with E-state index >= 15 is 0 Å². The van der Waals surface area contributed by atoms with Gasteiger partial charge in [-0.05, 0) is 59.4 Å². The van der Waals surface area contributed by atoms with Crippen molar-refractivity contribution in [2.45, 2.75) is 72.0 Å². The molecule has 222 valence electrons. The van der Waals surface area contributed by atoms with Crippen LogP contribution in [0.4, 0.5) is 5.69 Å². The zero-order valence-corrected chi connectivity index (χ0v) is 24.7. The summed E-state index contributed by atoms with van der Waals surface area (Å²) in [5.74, 6) is -0.272. The van der Waals surface area contributed by atoms with E-state index < -0.39 is 18.1 Å². The molecule has 2 aromatic carbocycles. The largest absolute Gasteiger partial charge is 0.497 e. The first-order chi connectivity index (χ1) is 19.4. The molecule has 1 heterocycles. The quantitative estimate of drug-likeness (QED) is 0.395. The van der Waals surface area contributed by atoms with Crippen molar-refractivity contribution < 1.29 is 33.4 Å². The molecule has 1 aliphatic heterocycles. The van der Waals surface area contributed by atoms with Crippen molar-refractivity contribution in [3.63, 3.8) is 0 Å². The molecule has 41 heavy (non-hydrogen) atoms. The van der Waals surface area contributed by atoms with Gasteiger partial charge in [0.05, 0.1) is 14.2 Å². The molecule has 0 fully saturated rings. The Morgan fingerprint density at radius 3 is 2.29 bits per heavy atom. The number of nitrogens with one attached hydrogen (secondary N) is 2. The van der Waals surface area contributed by atoms with E-state index in [1.165, 1.54) is 12.0 Å². The highest BCUT2D eigenvalue weighted by Crippen LogP contribution is 2.29. The molecular formula is C31H41N3O7. The molecule has 0 bridgehead atoms. The number of carbonyl (C=O) groups is 4. The summed E-state index contributed by atoms with van der Waals surface area (Å²) in [6.45, 7) is 7.72. The van der Waals surface area contributed by atoms with Crippen LogP contribution < -0.4 is 20.1 Å². The van der Waals surface area contributed by atoms with E-state index in [2.05, 4.69) is 15.4 Å². The predicted molar refractivity (Wildman–Crippen MR) is 155 cm³/mol. The molecule has 3 rings (SSSR count). The van der Waals surface area contributed by atoms with Gasteiger partial charge < -0.3 is 29.7 Å². The molecule has 0 aromatic heterocycles. The van der Waals surface area contributed by atoms with Gasteiger partial charge in [0.1, 0.15) is 23.6 Å². The number of esters is 1. The normalized spacial score (nSPS) is 15.3. The smallest absolute Gasteiger partial charge is 0.343 e. The first-order valence-corrected chi connectivity index (χ1v) is 13.8. The average molecular weight is 568 g/mol. The van der Waals surface area contributed by atoms with Crippen molar-refractivity contribution in [1.29, 1.82) is 0 Å². The molecule has 0 saturated carbocycles. The van der Waals surface area contributed by atoms with Crippen LogP contribution in [0, 0.1) is 5.41 Å². The van der Waals surface area contributed by atoms with Gasteiger partial charge in [-0.25, -0.2) is 4.79 Å². The fourth-order valence-corrected chi connectivity index (χ4v) is 4.69. The Morgan fingerprint density at radius 1 is 1.00 bits per heavy atom. The summed E-state index contributed by atoms with van der Waals surface area (Å²) >= 11 is 0. The number of nitrogens with zero attached hydrogens (tertiary/aromatic N) is 1. The van der Waals surface area contributed by atoms with Crippen LogP contribution in [0.2, 0.25) is 0 Å². The maximum atomic E-state index is 14.0. The molecule has 0 radical (unpaired) electrons. The number of ether oxygens (including phenoxy) is 3. The third kappa shape index (κ3) is 8.96. The van der Waals surface area contributed by atoms with Crippen molar-refractivity contribution in [1.82, 2.24) is 10.2 Å². The van der Waals surface area contributed by atoms with Crippen molar-refractivity contribution >= 4 is 29.4 Å². The number of benzene rings is 2. The monoisotopic (exact) mass is 567 g/mol. The molecule has 1 unspecified atom stereocenters. The zero-order chi connectivity index (χ0) is 30.2. The molecular weight excluding hydrogens is 526 g/mol. The summed E-state index contributed by atoms with van der Waals surface area (Å²) in [5.41, 5.74) is 2.02.